The van der Waals surface area contributed by atoms with Gasteiger partial charge in [-0.25, -0.2) is 0 Å². The molecule has 1 aliphatic carbocycles. The van der Waals surface area contributed by atoms with Crippen LogP contribution in [0.1, 0.15) is 39.9 Å². The normalized spacial score (nSPS) is 21.1. The molecule has 3 unspecified atom stereocenters. The summed E-state index contributed by atoms with van der Waals surface area (Å²) < 4.78 is 0. The molecule has 5 heteroatoms. The fourth-order valence-electron chi connectivity index (χ4n) is 4.79. The van der Waals surface area contributed by atoms with Gasteiger partial charge < -0.3 is 20.4 Å². The molecule has 1 aliphatic heterocycles. The van der Waals surface area contributed by atoms with Crippen molar-refractivity contribution in [2.75, 3.05) is 17.3 Å². The molecule has 0 spiro atoms. The summed E-state index contributed by atoms with van der Waals surface area (Å²) in [6, 6.07) is 20.1. The third-order valence-corrected chi connectivity index (χ3v) is 6.41. The molecule has 156 valence electrons. The van der Waals surface area contributed by atoms with Crippen molar-refractivity contribution in [3.63, 3.8) is 0 Å². The van der Waals surface area contributed by atoms with Crippen molar-refractivity contribution in [3.8, 4) is 11.5 Å². The van der Waals surface area contributed by atoms with E-state index in [0.717, 1.165) is 28.9 Å². The number of phenols is 2. The van der Waals surface area contributed by atoms with Gasteiger partial charge in [0.2, 0.25) is 0 Å². The lowest BCUT2D eigenvalue weighted by Gasteiger charge is -2.38. The minimum Gasteiger partial charge on any atom is -0.508 e. The standard InChI is InChI=1S/C26H24N2O3/c1-28(17-6-3-2-4-7-17)26(31)16-10-13-23-22(14-16)19-8-5-9-20(19)25(27-23)21-12-11-18(29)15-24(21)30/h2-8,10-15,19-20,25,27,29-30H,9H2,1H3. The Labute approximate surface area is 181 Å². The third kappa shape index (κ3) is 3.32. The second-order valence-corrected chi connectivity index (χ2v) is 8.22. The summed E-state index contributed by atoms with van der Waals surface area (Å²) in [6.07, 6.45) is 5.25. The lowest BCUT2D eigenvalue weighted by atomic mass is 9.76. The molecule has 0 bridgehead atoms. The maximum absolute atomic E-state index is 13.1. The Kier molecular flexibility index (Phi) is 4.66. The van der Waals surface area contributed by atoms with Gasteiger partial charge in [-0.15, -0.1) is 0 Å². The van der Waals surface area contributed by atoms with Gasteiger partial charge in [0.15, 0.2) is 0 Å². The summed E-state index contributed by atoms with van der Waals surface area (Å²) in [5, 5.41) is 23.7. The Bertz CT molecular complexity index is 1170. The molecule has 0 saturated heterocycles. The van der Waals surface area contributed by atoms with Crippen molar-refractivity contribution in [1.82, 2.24) is 0 Å². The first-order chi connectivity index (χ1) is 15.0. The summed E-state index contributed by atoms with van der Waals surface area (Å²) >= 11 is 0. The molecule has 3 N–H and O–H groups in total. The van der Waals surface area contributed by atoms with E-state index in [1.807, 2.05) is 48.5 Å². The molecule has 31 heavy (non-hydrogen) atoms. The van der Waals surface area contributed by atoms with Crippen LogP contribution in [0.5, 0.6) is 11.5 Å². The number of amides is 1. The molecule has 5 nitrogen and oxygen atoms in total. The van der Waals surface area contributed by atoms with E-state index in [1.165, 1.54) is 6.07 Å². The van der Waals surface area contributed by atoms with Crippen LogP contribution in [0.2, 0.25) is 0 Å². The number of anilines is 2. The Hall–Kier alpha value is -3.73. The maximum Gasteiger partial charge on any atom is 0.258 e. The first-order valence-electron chi connectivity index (χ1n) is 10.4. The lowest BCUT2D eigenvalue weighted by Crippen LogP contribution is -2.30. The SMILES string of the molecule is CN(C(=O)c1ccc2c(c1)C1C=CCC1C(c1ccc(O)cc1O)N2)c1ccccc1. The van der Waals surface area contributed by atoms with Gasteiger partial charge >= 0.3 is 0 Å². The number of carbonyl (C=O) groups is 1. The van der Waals surface area contributed by atoms with Gasteiger partial charge in [0.25, 0.3) is 5.91 Å². The van der Waals surface area contributed by atoms with Crippen LogP contribution in [0, 0.1) is 5.92 Å². The molecule has 1 heterocycles. The van der Waals surface area contributed by atoms with Crippen LogP contribution in [0.15, 0.2) is 78.9 Å². The summed E-state index contributed by atoms with van der Waals surface area (Å²) in [5.41, 5.74) is 4.33. The van der Waals surface area contributed by atoms with E-state index in [0.29, 0.717) is 5.56 Å². The van der Waals surface area contributed by atoms with Crippen molar-refractivity contribution in [3.05, 3.63) is 95.6 Å². The Morgan fingerprint density at radius 3 is 2.58 bits per heavy atom. The lowest BCUT2D eigenvalue weighted by molar-refractivity contribution is 0.0993. The smallest absolute Gasteiger partial charge is 0.258 e. The Morgan fingerprint density at radius 2 is 1.81 bits per heavy atom. The number of nitrogens with zero attached hydrogens (tertiary/aromatic N) is 1. The number of carbonyl (C=O) groups excluding carboxylic acids is 1. The minimum absolute atomic E-state index is 0.0456. The van der Waals surface area contributed by atoms with Gasteiger partial charge in [0, 0.05) is 41.5 Å². The molecule has 2 aliphatic rings. The highest BCUT2D eigenvalue weighted by atomic mass is 16.3. The van der Waals surface area contributed by atoms with Crippen LogP contribution in [-0.2, 0) is 0 Å². The predicted molar refractivity (Wildman–Crippen MR) is 122 cm³/mol. The van der Waals surface area contributed by atoms with E-state index in [9.17, 15) is 15.0 Å². The van der Waals surface area contributed by atoms with Crippen molar-refractivity contribution in [1.29, 1.82) is 0 Å². The van der Waals surface area contributed by atoms with Crippen LogP contribution in [0.25, 0.3) is 0 Å². The molecule has 0 saturated carbocycles. The van der Waals surface area contributed by atoms with E-state index in [1.54, 1.807) is 24.1 Å². The maximum atomic E-state index is 13.1. The van der Waals surface area contributed by atoms with E-state index in [2.05, 4.69) is 17.5 Å². The van der Waals surface area contributed by atoms with Gasteiger partial charge in [-0.3, -0.25) is 4.79 Å². The molecule has 3 atom stereocenters. The second-order valence-electron chi connectivity index (χ2n) is 8.22. The number of aromatic hydroxyl groups is 2. The molecule has 1 amide bonds. The Balaban J connectivity index is 1.49. The molecular weight excluding hydrogens is 388 g/mol. The highest BCUT2D eigenvalue weighted by Gasteiger charge is 2.39. The zero-order valence-corrected chi connectivity index (χ0v) is 17.2. The molecular formula is C26H24N2O3. The molecule has 3 aromatic rings. The summed E-state index contributed by atoms with van der Waals surface area (Å²) in [6.45, 7) is 0. The van der Waals surface area contributed by atoms with Crippen molar-refractivity contribution >= 4 is 17.3 Å². The van der Waals surface area contributed by atoms with Crippen LogP contribution >= 0.6 is 0 Å². The number of phenolic OH excluding ortho intramolecular Hbond substituents is 2. The summed E-state index contributed by atoms with van der Waals surface area (Å²) in [4.78, 5) is 14.8. The highest BCUT2D eigenvalue weighted by molar-refractivity contribution is 6.06. The first-order valence-corrected chi connectivity index (χ1v) is 10.4. The number of para-hydroxylation sites is 1. The number of benzene rings is 3. The first kappa shape index (κ1) is 19.2. The largest absolute Gasteiger partial charge is 0.508 e. The molecule has 0 fully saturated rings. The van der Waals surface area contributed by atoms with Gasteiger partial charge in [-0.1, -0.05) is 30.4 Å². The number of allylic oxidation sites excluding steroid dienone is 2. The van der Waals surface area contributed by atoms with Gasteiger partial charge in [0.05, 0.1) is 6.04 Å². The zero-order chi connectivity index (χ0) is 21.5. The molecule has 0 aromatic heterocycles. The molecule has 5 rings (SSSR count). The van der Waals surface area contributed by atoms with E-state index in [-0.39, 0.29) is 35.3 Å². The summed E-state index contributed by atoms with van der Waals surface area (Å²) in [7, 11) is 1.79. The quantitative estimate of drug-likeness (QED) is 0.517. The Morgan fingerprint density at radius 1 is 1.00 bits per heavy atom. The van der Waals surface area contributed by atoms with Crippen LogP contribution in [0.3, 0.4) is 0 Å². The van der Waals surface area contributed by atoms with Crippen molar-refractivity contribution in [2.24, 2.45) is 5.92 Å². The van der Waals surface area contributed by atoms with Gasteiger partial charge in [-0.05, 0) is 60.4 Å². The second kappa shape index (κ2) is 7.51. The fraction of sp³-hybridized carbons (Fsp3) is 0.192. The van der Waals surface area contributed by atoms with Crippen LogP contribution in [-0.4, -0.2) is 23.2 Å². The van der Waals surface area contributed by atoms with E-state index in [4.69, 9.17) is 0 Å². The minimum atomic E-state index is -0.0818. The monoisotopic (exact) mass is 412 g/mol. The van der Waals surface area contributed by atoms with E-state index >= 15 is 0 Å². The average Bonchev–Trinajstić information content (AvgIpc) is 3.28. The number of nitrogens with one attached hydrogen (secondary N) is 1. The summed E-state index contributed by atoms with van der Waals surface area (Å²) in [5.74, 6) is 0.461. The fourth-order valence-corrected chi connectivity index (χ4v) is 4.79. The highest BCUT2D eigenvalue weighted by Crippen LogP contribution is 2.51. The van der Waals surface area contributed by atoms with Gasteiger partial charge in [0.1, 0.15) is 11.5 Å². The number of fused-ring (bicyclic) bond motifs is 3. The topological polar surface area (TPSA) is 72.8 Å². The van der Waals surface area contributed by atoms with Crippen LogP contribution < -0.4 is 10.2 Å². The van der Waals surface area contributed by atoms with E-state index < -0.39 is 0 Å². The molecule has 0 radical (unpaired) electrons. The number of rotatable bonds is 3. The predicted octanol–water partition coefficient (Wildman–Crippen LogP) is 5.20. The van der Waals surface area contributed by atoms with Crippen molar-refractivity contribution in [2.45, 2.75) is 18.4 Å². The number of hydrogen-bond donors (Lipinski definition) is 3. The van der Waals surface area contributed by atoms with Crippen LogP contribution in [0.4, 0.5) is 11.4 Å². The number of hydrogen-bond acceptors (Lipinski definition) is 4. The molecule has 3 aromatic carbocycles. The zero-order valence-electron chi connectivity index (χ0n) is 17.2. The van der Waals surface area contributed by atoms with Crippen molar-refractivity contribution < 1.29 is 15.0 Å². The van der Waals surface area contributed by atoms with Gasteiger partial charge in [-0.2, -0.15) is 0 Å². The average molecular weight is 412 g/mol. The third-order valence-electron chi connectivity index (χ3n) is 6.41.